The van der Waals surface area contributed by atoms with Crippen molar-refractivity contribution in [2.24, 2.45) is 5.92 Å². The number of amides is 1. The molecule has 0 saturated heterocycles. The predicted molar refractivity (Wildman–Crippen MR) is 92.0 cm³/mol. The van der Waals surface area contributed by atoms with Crippen LogP contribution >= 0.6 is 0 Å². The summed E-state index contributed by atoms with van der Waals surface area (Å²) in [5.74, 6) is 1.45. The van der Waals surface area contributed by atoms with Gasteiger partial charge < -0.3 is 10.1 Å². The van der Waals surface area contributed by atoms with Crippen LogP contribution in [0.1, 0.15) is 38.2 Å². The van der Waals surface area contributed by atoms with Crippen LogP contribution in [0.3, 0.4) is 0 Å². The summed E-state index contributed by atoms with van der Waals surface area (Å²) < 4.78 is 18.0. The monoisotopic (exact) mass is 335 g/mol. The second kappa shape index (κ2) is 7.47. The van der Waals surface area contributed by atoms with E-state index in [4.69, 9.17) is 4.74 Å². The summed E-state index contributed by atoms with van der Waals surface area (Å²) in [4.78, 5) is 12.6. The molecule has 126 valence electrons. The molecule has 3 rings (SSSR count). The lowest BCUT2D eigenvalue weighted by Crippen LogP contribution is -2.50. The lowest BCUT2D eigenvalue weighted by Gasteiger charge is -2.33. The fourth-order valence-electron chi connectivity index (χ4n) is 3.59. The van der Waals surface area contributed by atoms with Crippen LogP contribution in [0.5, 0.6) is 5.75 Å². The van der Waals surface area contributed by atoms with E-state index in [2.05, 4.69) is 5.32 Å². The van der Waals surface area contributed by atoms with Crippen LogP contribution in [0.25, 0.3) is 0 Å². The molecule has 1 aliphatic carbocycles. The van der Waals surface area contributed by atoms with Crippen LogP contribution in [-0.4, -0.2) is 33.8 Å². The quantitative estimate of drug-likeness (QED) is 0.919. The molecular formula is C18H25NO3S. The first kappa shape index (κ1) is 16.5. The Labute approximate surface area is 140 Å². The molecule has 1 amide bonds. The maximum atomic E-state index is 12.6. The zero-order valence-electron chi connectivity index (χ0n) is 13.6. The molecule has 2 aliphatic rings. The lowest BCUT2D eigenvalue weighted by molar-refractivity contribution is -0.127. The van der Waals surface area contributed by atoms with E-state index in [1.807, 2.05) is 31.2 Å². The maximum absolute atomic E-state index is 12.6. The molecule has 0 radical (unpaired) electrons. The summed E-state index contributed by atoms with van der Waals surface area (Å²) in [6.45, 7) is 2.38. The second-order valence-electron chi connectivity index (χ2n) is 6.43. The molecular weight excluding hydrogens is 310 g/mol. The molecule has 1 aromatic carbocycles. The minimum Gasteiger partial charge on any atom is -0.492 e. The first-order valence-corrected chi connectivity index (χ1v) is 9.95. The third-order valence-electron chi connectivity index (χ3n) is 4.90. The van der Waals surface area contributed by atoms with Gasteiger partial charge >= 0.3 is 0 Å². The Bertz CT molecular complexity index is 589. The highest BCUT2D eigenvalue weighted by Gasteiger charge is 2.33. The number of hydrogen-bond acceptors (Lipinski definition) is 3. The Morgan fingerprint density at radius 1 is 1.30 bits per heavy atom. The predicted octanol–water partition coefficient (Wildman–Crippen LogP) is 2.43. The van der Waals surface area contributed by atoms with Gasteiger partial charge in [-0.1, -0.05) is 38.0 Å². The number of rotatable bonds is 4. The Morgan fingerprint density at radius 2 is 2.09 bits per heavy atom. The van der Waals surface area contributed by atoms with Gasteiger partial charge in [-0.3, -0.25) is 9.00 Å². The van der Waals surface area contributed by atoms with Gasteiger partial charge in [0.15, 0.2) is 0 Å². The van der Waals surface area contributed by atoms with Crippen molar-refractivity contribution in [3.63, 3.8) is 0 Å². The maximum Gasteiger partial charge on any atom is 0.227 e. The van der Waals surface area contributed by atoms with Crippen molar-refractivity contribution in [2.45, 2.75) is 50.3 Å². The van der Waals surface area contributed by atoms with Crippen LogP contribution < -0.4 is 10.1 Å². The van der Waals surface area contributed by atoms with Crippen molar-refractivity contribution >= 4 is 16.7 Å². The van der Waals surface area contributed by atoms with E-state index < -0.39 is 10.8 Å². The third-order valence-corrected chi connectivity index (χ3v) is 6.71. The molecule has 23 heavy (non-hydrogen) atoms. The first-order chi connectivity index (χ1) is 11.2. The van der Waals surface area contributed by atoms with E-state index in [0.717, 1.165) is 43.4 Å². The topological polar surface area (TPSA) is 55.4 Å². The summed E-state index contributed by atoms with van der Waals surface area (Å²) in [5, 5.41) is 3.28. The van der Waals surface area contributed by atoms with E-state index in [-0.39, 0.29) is 23.1 Å². The summed E-state index contributed by atoms with van der Waals surface area (Å²) in [5.41, 5.74) is 1.09. The fraction of sp³-hybridized carbons (Fsp3) is 0.611. The van der Waals surface area contributed by atoms with Gasteiger partial charge in [0, 0.05) is 22.6 Å². The van der Waals surface area contributed by atoms with E-state index in [1.165, 1.54) is 0 Å². The molecule has 4 nitrogen and oxygen atoms in total. The SMILES string of the molecule is CC[S@@](=O)[C@@H]1CCCC[C@@H]1NC(=O)[C@H]1COc2ccccc2C1. The number of hydrogen-bond donors (Lipinski definition) is 1. The van der Waals surface area contributed by atoms with E-state index >= 15 is 0 Å². The van der Waals surface area contributed by atoms with Crippen LogP contribution in [0, 0.1) is 5.92 Å². The van der Waals surface area contributed by atoms with Crippen LogP contribution in [0.2, 0.25) is 0 Å². The van der Waals surface area contributed by atoms with Crippen molar-refractivity contribution in [1.29, 1.82) is 0 Å². The summed E-state index contributed by atoms with van der Waals surface area (Å²) in [6, 6.07) is 7.94. The number of carbonyl (C=O) groups excluding carboxylic acids is 1. The number of ether oxygens (including phenoxy) is 1. The molecule has 0 unspecified atom stereocenters. The van der Waals surface area contributed by atoms with Crippen molar-refractivity contribution in [2.75, 3.05) is 12.4 Å². The van der Waals surface area contributed by atoms with Gasteiger partial charge in [-0.2, -0.15) is 0 Å². The minimum absolute atomic E-state index is 0.0458. The summed E-state index contributed by atoms with van der Waals surface area (Å²) in [6.07, 6.45) is 4.83. The largest absolute Gasteiger partial charge is 0.492 e. The molecule has 0 aromatic heterocycles. The third kappa shape index (κ3) is 3.77. The smallest absolute Gasteiger partial charge is 0.227 e. The van der Waals surface area contributed by atoms with Gasteiger partial charge in [-0.25, -0.2) is 0 Å². The number of benzene rings is 1. The highest BCUT2D eigenvalue weighted by molar-refractivity contribution is 7.85. The molecule has 5 heteroatoms. The van der Waals surface area contributed by atoms with Gasteiger partial charge in [-0.05, 0) is 30.9 Å². The minimum atomic E-state index is -0.847. The van der Waals surface area contributed by atoms with Crippen molar-refractivity contribution in [1.82, 2.24) is 5.32 Å². The standard InChI is InChI=1S/C18H25NO3S/c1-2-23(21)17-10-6-4-8-15(17)19-18(20)14-11-13-7-3-5-9-16(13)22-12-14/h3,5,7,9,14-15,17H,2,4,6,8,10-12H2,1H3,(H,19,20)/t14-,15+,17-,23-/m1/s1. The first-order valence-electron chi connectivity index (χ1n) is 8.57. The highest BCUT2D eigenvalue weighted by Crippen LogP contribution is 2.28. The van der Waals surface area contributed by atoms with Crippen molar-refractivity contribution in [3.05, 3.63) is 29.8 Å². The van der Waals surface area contributed by atoms with Crippen molar-refractivity contribution < 1.29 is 13.7 Å². The Kier molecular flexibility index (Phi) is 5.36. The van der Waals surface area contributed by atoms with E-state index in [9.17, 15) is 9.00 Å². The molecule has 0 bridgehead atoms. The fourth-order valence-corrected chi connectivity index (χ4v) is 5.02. The van der Waals surface area contributed by atoms with Gasteiger partial charge in [0.25, 0.3) is 0 Å². The highest BCUT2D eigenvalue weighted by atomic mass is 32.2. The Balaban J connectivity index is 1.63. The van der Waals surface area contributed by atoms with Gasteiger partial charge in [0.05, 0.1) is 11.2 Å². The van der Waals surface area contributed by atoms with Crippen molar-refractivity contribution in [3.8, 4) is 5.75 Å². The zero-order valence-corrected chi connectivity index (χ0v) is 14.4. The molecule has 0 spiro atoms. The molecule has 1 saturated carbocycles. The average molecular weight is 335 g/mol. The molecule has 1 fully saturated rings. The van der Waals surface area contributed by atoms with Gasteiger partial charge in [0.2, 0.25) is 5.91 Å². The Morgan fingerprint density at radius 3 is 2.91 bits per heavy atom. The lowest BCUT2D eigenvalue weighted by atomic mass is 9.92. The molecule has 1 N–H and O–H groups in total. The summed E-state index contributed by atoms with van der Waals surface area (Å²) in [7, 11) is -0.847. The second-order valence-corrected chi connectivity index (χ2v) is 8.37. The van der Waals surface area contributed by atoms with Crippen LogP contribution in [-0.2, 0) is 22.0 Å². The number of nitrogens with one attached hydrogen (secondary N) is 1. The molecule has 4 atom stereocenters. The van der Waals surface area contributed by atoms with Crippen LogP contribution in [0.4, 0.5) is 0 Å². The Hall–Kier alpha value is -1.36. The number of carbonyl (C=O) groups is 1. The van der Waals surface area contributed by atoms with Crippen LogP contribution in [0.15, 0.2) is 24.3 Å². The van der Waals surface area contributed by atoms with Gasteiger partial charge in [-0.15, -0.1) is 0 Å². The van der Waals surface area contributed by atoms with Gasteiger partial charge in [0.1, 0.15) is 12.4 Å². The average Bonchev–Trinajstić information content (AvgIpc) is 2.61. The normalized spacial score (nSPS) is 28.3. The zero-order chi connectivity index (χ0) is 16.2. The van der Waals surface area contributed by atoms with E-state index in [1.54, 1.807) is 0 Å². The summed E-state index contributed by atoms with van der Waals surface area (Å²) >= 11 is 0. The number of fused-ring (bicyclic) bond motifs is 1. The number of para-hydroxylation sites is 1. The van der Waals surface area contributed by atoms with E-state index in [0.29, 0.717) is 12.4 Å². The molecule has 1 aromatic rings. The molecule has 1 heterocycles. The molecule has 1 aliphatic heterocycles.